The Balaban J connectivity index is 1.44. The third-order valence-electron chi connectivity index (χ3n) is 5.74. The van der Waals surface area contributed by atoms with E-state index in [1.807, 2.05) is 43.5 Å². The van der Waals surface area contributed by atoms with E-state index in [1.54, 1.807) is 22.4 Å². The number of carbonyl (C=O) groups is 3. The molecule has 0 fully saturated rings. The summed E-state index contributed by atoms with van der Waals surface area (Å²) in [4.78, 5) is 43.7. The van der Waals surface area contributed by atoms with Crippen LogP contribution < -0.4 is 5.32 Å². The number of pyridine rings is 1. The Labute approximate surface area is 197 Å². The molecule has 3 heterocycles. The van der Waals surface area contributed by atoms with Gasteiger partial charge >= 0.3 is 0 Å². The van der Waals surface area contributed by atoms with Gasteiger partial charge in [0.05, 0.1) is 10.4 Å². The summed E-state index contributed by atoms with van der Waals surface area (Å²) in [6.45, 7) is 4.87. The molecule has 1 aliphatic rings. The van der Waals surface area contributed by atoms with E-state index in [0.717, 1.165) is 27.9 Å². The molecule has 3 aromatic rings. The Kier molecular flexibility index (Phi) is 6.79. The molecule has 0 aliphatic carbocycles. The summed E-state index contributed by atoms with van der Waals surface area (Å²) in [7, 11) is 0. The molecule has 0 saturated carbocycles. The lowest BCUT2D eigenvalue weighted by Gasteiger charge is -2.30. The van der Waals surface area contributed by atoms with Gasteiger partial charge in [0.1, 0.15) is 0 Å². The van der Waals surface area contributed by atoms with E-state index in [2.05, 4.69) is 10.3 Å². The lowest BCUT2D eigenvalue weighted by Crippen LogP contribution is -2.37. The van der Waals surface area contributed by atoms with Crippen LogP contribution in [0.1, 0.15) is 54.9 Å². The molecule has 0 atom stereocenters. The fraction of sp³-hybridized carbons (Fsp3) is 0.231. The molecule has 6 nitrogen and oxygen atoms in total. The first-order valence-electron chi connectivity index (χ1n) is 10.8. The molecule has 1 N–H and O–H groups in total. The average molecular weight is 460 g/mol. The van der Waals surface area contributed by atoms with Crippen molar-refractivity contribution >= 4 is 35.0 Å². The van der Waals surface area contributed by atoms with E-state index >= 15 is 0 Å². The van der Waals surface area contributed by atoms with Crippen LogP contribution >= 0.6 is 11.3 Å². The maximum absolute atomic E-state index is 12.9. The van der Waals surface area contributed by atoms with Crippen LogP contribution in [0.3, 0.4) is 0 Å². The molecule has 1 aromatic carbocycles. The lowest BCUT2D eigenvalue weighted by molar-refractivity contribution is -0.116. The number of thiophene rings is 1. The van der Waals surface area contributed by atoms with Crippen LogP contribution in [0.15, 0.2) is 54.1 Å². The molecule has 4 rings (SSSR count). The molecule has 2 amide bonds. The Bertz CT molecular complexity index is 1230. The van der Waals surface area contributed by atoms with E-state index in [4.69, 9.17) is 0 Å². The second-order valence-corrected chi connectivity index (χ2v) is 8.93. The smallest absolute Gasteiger partial charge is 0.255 e. The van der Waals surface area contributed by atoms with Crippen LogP contribution in [0.5, 0.6) is 0 Å². The molecule has 0 unspecified atom stereocenters. The predicted octanol–water partition coefficient (Wildman–Crippen LogP) is 4.18. The number of ketones is 1. The Hall–Kier alpha value is -3.58. The minimum atomic E-state index is -0.165. The minimum Gasteiger partial charge on any atom is -0.348 e. The number of hydrogen-bond donors (Lipinski definition) is 1. The predicted molar refractivity (Wildman–Crippen MR) is 129 cm³/mol. The normalized spacial score (nSPS) is 13.1. The second-order valence-electron chi connectivity index (χ2n) is 8.02. The summed E-state index contributed by atoms with van der Waals surface area (Å²) in [6.07, 6.45) is 5.83. The number of Topliss-reactive ketones (excluding diaryl/α,β-unsaturated/α-hetero) is 1. The van der Waals surface area contributed by atoms with Gasteiger partial charge in [-0.3, -0.25) is 19.4 Å². The summed E-state index contributed by atoms with van der Waals surface area (Å²) in [5.74, 6) is -0.277. The fourth-order valence-electron chi connectivity index (χ4n) is 3.92. The van der Waals surface area contributed by atoms with Gasteiger partial charge < -0.3 is 10.2 Å². The average Bonchev–Trinajstić information content (AvgIpc) is 3.33. The number of nitrogens with zero attached hydrogens (tertiary/aromatic N) is 2. The standard InChI is InChI=1S/C26H25N3O3S/c1-17-23(14-28-25(31)9-8-19-6-4-3-5-7-19)22-10-11-29(15-21(22)13-27-17)26(32)20-12-24(18(2)30)33-16-20/h3-9,12-13,16H,10-11,14-15H2,1-2H3,(H,28,31)/b9-8+. The monoisotopic (exact) mass is 459 g/mol. The highest BCUT2D eigenvalue weighted by Crippen LogP contribution is 2.26. The molecular weight excluding hydrogens is 434 g/mol. The van der Waals surface area contributed by atoms with Crippen LogP contribution in [0, 0.1) is 6.92 Å². The van der Waals surface area contributed by atoms with Gasteiger partial charge in [-0.1, -0.05) is 30.3 Å². The number of nitrogens with one attached hydrogen (secondary N) is 1. The van der Waals surface area contributed by atoms with Gasteiger partial charge in [-0.2, -0.15) is 0 Å². The molecule has 0 bridgehead atoms. The van der Waals surface area contributed by atoms with Crippen LogP contribution in [0.2, 0.25) is 0 Å². The van der Waals surface area contributed by atoms with Crippen molar-refractivity contribution in [1.82, 2.24) is 15.2 Å². The highest BCUT2D eigenvalue weighted by Gasteiger charge is 2.25. The van der Waals surface area contributed by atoms with E-state index in [-0.39, 0.29) is 17.6 Å². The zero-order valence-corrected chi connectivity index (χ0v) is 19.4. The molecule has 0 spiro atoms. The third kappa shape index (κ3) is 5.26. The van der Waals surface area contributed by atoms with Crippen molar-refractivity contribution in [3.8, 4) is 0 Å². The van der Waals surface area contributed by atoms with Crippen molar-refractivity contribution in [2.24, 2.45) is 0 Å². The largest absolute Gasteiger partial charge is 0.348 e. The number of rotatable bonds is 6. The van der Waals surface area contributed by atoms with Crippen LogP contribution in [-0.4, -0.2) is 34.0 Å². The number of carbonyl (C=O) groups excluding carboxylic acids is 3. The van der Waals surface area contributed by atoms with Crippen molar-refractivity contribution in [2.75, 3.05) is 6.54 Å². The summed E-state index contributed by atoms with van der Waals surface area (Å²) >= 11 is 1.30. The molecule has 1 aliphatic heterocycles. The van der Waals surface area contributed by atoms with Crippen molar-refractivity contribution in [3.05, 3.63) is 92.4 Å². The first-order chi connectivity index (χ1) is 15.9. The maximum atomic E-state index is 12.9. The van der Waals surface area contributed by atoms with Crippen molar-refractivity contribution in [3.63, 3.8) is 0 Å². The molecule has 168 valence electrons. The van der Waals surface area contributed by atoms with Crippen LogP contribution in [-0.2, 0) is 24.3 Å². The topological polar surface area (TPSA) is 79.4 Å². The van der Waals surface area contributed by atoms with Crippen molar-refractivity contribution in [2.45, 2.75) is 33.4 Å². The van der Waals surface area contributed by atoms with Gasteiger partial charge in [0.2, 0.25) is 5.91 Å². The first-order valence-corrected chi connectivity index (χ1v) is 11.7. The fourth-order valence-corrected chi connectivity index (χ4v) is 4.70. The van der Waals surface area contributed by atoms with Gasteiger partial charge in [-0.15, -0.1) is 11.3 Å². The Morgan fingerprint density at radius 3 is 2.73 bits per heavy atom. The Morgan fingerprint density at radius 1 is 1.21 bits per heavy atom. The number of amides is 2. The van der Waals surface area contributed by atoms with Crippen LogP contribution in [0.25, 0.3) is 6.08 Å². The van der Waals surface area contributed by atoms with E-state index < -0.39 is 0 Å². The molecular formula is C26H25N3O3S. The third-order valence-corrected chi connectivity index (χ3v) is 6.77. The van der Waals surface area contributed by atoms with Gasteiger partial charge in [0, 0.05) is 43.0 Å². The second kappa shape index (κ2) is 9.92. The maximum Gasteiger partial charge on any atom is 0.255 e. The SMILES string of the molecule is CC(=O)c1cc(C(=O)N2CCc3c(cnc(C)c3CNC(=O)/C=C/c3ccccc3)C2)cs1. The van der Waals surface area contributed by atoms with Gasteiger partial charge in [-0.25, -0.2) is 0 Å². The molecule has 2 aromatic heterocycles. The molecule has 0 saturated heterocycles. The highest BCUT2D eigenvalue weighted by atomic mass is 32.1. The van der Waals surface area contributed by atoms with E-state index in [1.165, 1.54) is 24.3 Å². The summed E-state index contributed by atoms with van der Waals surface area (Å²) < 4.78 is 0. The zero-order valence-electron chi connectivity index (χ0n) is 18.6. The summed E-state index contributed by atoms with van der Waals surface area (Å²) in [5.41, 5.74) is 5.54. The number of hydrogen-bond acceptors (Lipinski definition) is 5. The molecule has 0 radical (unpaired) electrons. The van der Waals surface area contributed by atoms with Crippen molar-refractivity contribution < 1.29 is 14.4 Å². The van der Waals surface area contributed by atoms with E-state index in [0.29, 0.717) is 36.5 Å². The number of benzene rings is 1. The number of aromatic nitrogens is 1. The quantitative estimate of drug-likeness (QED) is 0.443. The lowest BCUT2D eigenvalue weighted by atomic mass is 9.94. The highest BCUT2D eigenvalue weighted by molar-refractivity contribution is 7.12. The summed E-state index contributed by atoms with van der Waals surface area (Å²) in [6, 6.07) is 11.3. The number of fused-ring (bicyclic) bond motifs is 1. The Morgan fingerprint density at radius 2 is 2.00 bits per heavy atom. The van der Waals surface area contributed by atoms with Crippen molar-refractivity contribution in [1.29, 1.82) is 0 Å². The first kappa shape index (κ1) is 22.6. The number of aryl methyl sites for hydroxylation is 1. The minimum absolute atomic E-state index is 0.0342. The van der Waals surface area contributed by atoms with Crippen LogP contribution in [0.4, 0.5) is 0 Å². The zero-order chi connectivity index (χ0) is 23.4. The summed E-state index contributed by atoms with van der Waals surface area (Å²) in [5, 5.41) is 4.70. The molecule has 7 heteroatoms. The molecule has 33 heavy (non-hydrogen) atoms. The van der Waals surface area contributed by atoms with Gasteiger partial charge in [-0.05, 0) is 54.7 Å². The van der Waals surface area contributed by atoms with Gasteiger partial charge in [0.15, 0.2) is 5.78 Å². The van der Waals surface area contributed by atoms with E-state index in [9.17, 15) is 14.4 Å². The van der Waals surface area contributed by atoms with Gasteiger partial charge in [0.25, 0.3) is 5.91 Å².